The predicted octanol–water partition coefficient (Wildman–Crippen LogP) is 0.0619. The number of hydrogen-bond acceptors (Lipinski definition) is 7. The summed E-state index contributed by atoms with van der Waals surface area (Å²) in [7, 11) is -7.64. The van der Waals surface area contributed by atoms with Crippen molar-refractivity contribution < 1.29 is 16.8 Å². The Bertz CT molecular complexity index is 824. The van der Waals surface area contributed by atoms with E-state index in [1.165, 1.54) is 11.3 Å². The van der Waals surface area contributed by atoms with E-state index in [0.717, 1.165) is 11.2 Å². The average Bonchev–Trinajstić information content (AvgIpc) is 2.65. The summed E-state index contributed by atoms with van der Waals surface area (Å²) in [6.07, 6.45) is 1.15. The largest absolute Gasteiger partial charge is 0.229 e. The third-order valence-corrected chi connectivity index (χ3v) is 5.99. The zero-order valence-electron chi connectivity index (χ0n) is 9.90. The minimum atomic E-state index is -3.83. The first-order valence-electron chi connectivity index (χ1n) is 5.13. The van der Waals surface area contributed by atoms with E-state index in [0.29, 0.717) is 10.2 Å². The van der Waals surface area contributed by atoms with E-state index in [9.17, 15) is 16.8 Å². The van der Waals surface area contributed by atoms with Crippen LogP contribution in [0.25, 0.3) is 10.2 Å². The highest BCUT2D eigenvalue weighted by Crippen LogP contribution is 2.27. The molecule has 0 fully saturated rings. The minimum absolute atomic E-state index is 0.148. The molecule has 0 bridgehead atoms. The molecule has 0 aromatic carbocycles. The second-order valence-corrected chi connectivity index (χ2v) is 8.93. The van der Waals surface area contributed by atoms with Gasteiger partial charge in [0, 0.05) is 10.3 Å². The first kappa shape index (κ1) is 14.3. The van der Waals surface area contributed by atoms with Crippen LogP contribution in [0.1, 0.15) is 4.88 Å². The predicted molar refractivity (Wildman–Crippen MR) is 72.2 cm³/mol. The number of aromatic nitrogens is 2. The molecule has 0 aliphatic carbocycles. The van der Waals surface area contributed by atoms with Gasteiger partial charge in [0.2, 0.25) is 10.0 Å². The van der Waals surface area contributed by atoms with Gasteiger partial charge in [-0.3, -0.25) is 0 Å². The van der Waals surface area contributed by atoms with Gasteiger partial charge in [-0.15, -0.1) is 11.3 Å². The number of fused-ring (bicyclic) bond motifs is 1. The van der Waals surface area contributed by atoms with Crippen LogP contribution in [0, 0.1) is 6.92 Å². The number of aryl methyl sites for hydroxylation is 1. The summed E-state index contributed by atoms with van der Waals surface area (Å²) < 4.78 is 45.9. The van der Waals surface area contributed by atoms with E-state index in [4.69, 9.17) is 5.14 Å². The lowest BCUT2D eigenvalue weighted by atomic mass is 10.4. The number of sulfone groups is 1. The van der Waals surface area contributed by atoms with Crippen LogP contribution >= 0.6 is 11.3 Å². The third kappa shape index (κ3) is 3.26. The number of sulfonamides is 1. The van der Waals surface area contributed by atoms with Crippen LogP contribution in [0.2, 0.25) is 0 Å². The van der Waals surface area contributed by atoms with E-state index < -0.39 is 31.4 Å². The fourth-order valence-corrected chi connectivity index (χ4v) is 5.14. The first-order chi connectivity index (χ1) is 8.69. The van der Waals surface area contributed by atoms with Gasteiger partial charge in [0.1, 0.15) is 11.2 Å². The molecule has 2 N–H and O–H groups in total. The Balaban J connectivity index is 2.49. The van der Waals surface area contributed by atoms with Crippen LogP contribution in [0.15, 0.2) is 17.4 Å². The molecule has 0 atom stereocenters. The van der Waals surface area contributed by atoms with Crippen molar-refractivity contribution in [3.63, 3.8) is 0 Å². The maximum Gasteiger partial charge on any atom is 0.210 e. The highest BCUT2D eigenvalue weighted by molar-refractivity contribution is 7.94. The van der Waals surface area contributed by atoms with Crippen molar-refractivity contribution in [3.8, 4) is 0 Å². The Morgan fingerprint density at radius 1 is 1.21 bits per heavy atom. The molecule has 2 aromatic rings. The molecule has 104 valence electrons. The summed E-state index contributed by atoms with van der Waals surface area (Å²) in [5.74, 6) is -1.23. The van der Waals surface area contributed by atoms with E-state index in [2.05, 4.69) is 9.97 Å². The van der Waals surface area contributed by atoms with Crippen LogP contribution in [0.4, 0.5) is 0 Å². The standard InChI is InChI=1S/C9H11N3O4S3/c1-6-4-7-8(17-6)11-5-12-9(7)18(13,14)2-3-19(10,15)16/h4-5H,2-3H2,1H3,(H2,10,15,16). The Hall–Kier alpha value is -1.10. The van der Waals surface area contributed by atoms with Crippen molar-refractivity contribution in [2.24, 2.45) is 5.14 Å². The number of rotatable bonds is 4. The summed E-state index contributed by atoms with van der Waals surface area (Å²) in [6.45, 7) is 1.83. The van der Waals surface area contributed by atoms with E-state index >= 15 is 0 Å². The Morgan fingerprint density at radius 2 is 1.89 bits per heavy atom. The number of nitrogens with zero attached hydrogens (tertiary/aromatic N) is 2. The molecule has 10 heteroatoms. The lowest BCUT2D eigenvalue weighted by Crippen LogP contribution is -2.23. The molecule has 0 saturated carbocycles. The minimum Gasteiger partial charge on any atom is -0.229 e. The fraction of sp³-hybridized carbons (Fsp3) is 0.333. The molecule has 19 heavy (non-hydrogen) atoms. The maximum atomic E-state index is 12.1. The third-order valence-electron chi connectivity index (χ3n) is 2.35. The quantitative estimate of drug-likeness (QED) is 0.795. The van der Waals surface area contributed by atoms with Crippen molar-refractivity contribution in [1.82, 2.24) is 9.97 Å². The Labute approximate surface area is 114 Å². The van der Waals surface area contributed by atoms with Gasteiger partial charge in [0.05, 0.1) is 11.5 Å². The summed E-state index contributed by atoms with van der Waals surface area (Å²) in [4.78, 5) is 9.21. The summed E-state index contributed by atoms with van der Waals surface area (Å²) in [6, 6.07) is 1.67. The second-order valence-electron chi connectivity index (χ2n) is 3.94. The van der Waals surface area contributed by atoms with E-state index in [1.807, 2.05) is 6.92 Å². The molecule has 0 aliphatic heterocycles. The highest BCUT2D eigenvalue weighted by Gasteiger charge is 2.22. The van der Waals surface area contributed by atoms with Crippen molar-refractivity contribution >= 4 is 41.4 Å². The van der Waals surface area contributed by atoms with Crippen LogP contribution in [-0.4, -0.2) is 38.3 Å². The van der Waals surface area contributed by atoms with Crippen molar-refractivity contribution in [2.45, 2.75) is 11.9 Å². The Kier molecular flexibility index (Phi) is 3.60. The smallest absolute Gasteiger partial charge is 0.210 e. The first-order valence-corrected chi connectivity index (χ1v) is 9.32. The van der Waals surface area contributed by atoms with Crippen LogP contribution in [0.3, 0.4) is 0 Å². The molecule has 0 amide bonds. The lowest BCUT2D eigenvalue weighted by molar-refractivity contribution is 0.587. The van der Waals surface area contributed by atoms with Gasteiger partial charge >= 0.3 is 0 Å². The topological polar surface area (TPSA) is 120 Å². The summed E-state index contributed by atoms with van der Waals surface area (Å²) in [5.41, 5.74) is 0. The molecule has 0 unspecified atom stereocenters. The number of primary sulfonamides is 1. The van der Waals surface area contributed by atoms with E-state index in [1.54, 1.807) is 6.07 Å². The monoisotopic (exact) mass is 321 g/mol. The molecule has 7 nitrogen and oxygen atoms in total. The SMILES string of the molecule is Cc1cc2c(S(=O)(=O)CCS(N)(=O)=O)ncnc2s1. The number of thiophene rings is 1. The molecule has 0 radical (unpaired) electrons. The molecule has 2 heterocycles. The van der Waals surface area contributed by atoms with Crippen molar-refractivity contribution in [1.29, 1.82) is 0 Å². The average molecular weight is 321 g/mol. The Morgan fingerprint density at radius 3 is 2.53 bits per heavy atom. The molecular formula is C9H11N3O4S3. The zero-order chi connectivity index (χ0) is 14.3. The number of hydrogen-bond donors (Lipinski definition) is 1. The molecule has 0 spiro atoms. The second kappa shape index (κ2) is 4.78. The van der Waals surface area contributed by atoms with Crippen molar-refractivity contribution in [3.05, 3.63) is 17.3 Å². The van der Waals surface area contributed by atoms with Gasteiger partial charge in [0.15, 0.2) is 14.9 Å². The van der Waals surface area contributed by atoms with E-state index in [-0.39, 0.29) is 5.03 Å². The van der Waals surface area contributed by atoms with Crippen molar-refractivity contribution in [2.75, 3.05) is 11.5 Å². The highest BCUT2D eigenvalue weighted by atomic mass is 32.2. The van der Waals surface area contributed by atoms with Gasteiger partial charge in [0.25, 0.3) is 0 Å². The normalized spacial score (nSPS) is 12.9. The van der Waals surface area contributed by atoms with Gasteiger partial charge in [-0.25, -0.2) is 31.9 Å². The summed E-state index contributed by atoms with van der Waals surface area (Å²) >= 11 is 1.35. The molecule has 0 aliphatic rings. The summed E-state index contributed by atoms with van der Waals surface area (Å²) in [5, 5.41) is 5.08. The molecule has 2 rings (SSSR count). The number of nitrogens with two attached hydrogens (primary N) is 1. The molecule has 0 saturated heterocycles. The van der Waals surface area contributed by atoms with Crippen LogP contribution in [-0.2, 0) is 19.9 Å². The van der Waals surface area contributed by atoms with Crippen LogP contribution < -0.4 is 5.14 Å². The fourth-order valence-electron chi connectivity index (χ4n) is 1.52. The van der Waals surface area contributed by atoms with Gasteiger partial charge in [-0.2, -0.15) is 0 Å². The molecular weight excluding hydrogens is 310 g/mol. The van der Waals surface area contributed by atoms with Gasteiger partial charge in [-0.1, -0.05) is 0 Å². The van der Waals surface area contributed by atoms with Gasteiger partial charge < -0.3 is 0 Å². The lowest BCUT2D eigenvalue weighted by Gasteiger charge is -2.03. The molecule has 2 aromatic heterocycles. The zero-order valence-corrected chi connectivity index (χ0v) is 12.3. The van der Waals surface area contributed by atoms with Gasteiger partial charge in [-0.05, 0) is 13.0 Å². The van der Waals surface area contributed by atoms with Crippen LogP contribution in [0.5, 0.6) is 0 Å². The maximum absolute atomic E-state index is 12.1.